The van der Waals surface area contributed by atoms with E-state index in [9.17, 15) is 4.79 Å². The molecule has 5 heteroatoms. The van der Waals surface area contributed by atoms with Crippen LogP contribution in [0.1, 0.15) is 16.1 Å². The van der Waals surface area contributed by atoms with Gasteiger partial charge in [0, 0.05) is 34.3 Å². The minimum atomic E-state index is 0.0855. The number of pyridine rings is 1. The summed E-state index contributed by atoms with van der Waals surface area (Å²) >= 11 is 1.65. The van der Waals surface area contributed by atoms with Crippen molar-refractivity contribution in [2.75, 3.05) is 26.3 Å². The van der Waals surface area contributed by atoms with Crippen LogP contribution in [-0.2, 0) is 4.74 Å². The lowest BCUT2D eigenvalue weighted by molar-refractivity contribution is 0.0304. The van der Waals surface area contributed by atoms with Crippen LogP contribution in [0.25, 0.3) is 20.3 Å². The number of ether oxygens (including phenoxy) is 1. The van der Waals surface area contributed by atoms with Crippen LogP contribution in [0.3, 0.4) is 0 Å². The zero-order valence-corrected chi connectivity index (χ0v) is 13.2. The number of fused-ring (bicyclic) bond motifs is 3. The highest BCUT2D eigenvalue weighted by Gasteiger charge is 2.23. The molecule has 22 heavy (non-hydrogen) atoms. The number of thiophene rings is 1. The minimum Gasteiger partial charge on any atom is -0.378 e. The van der Waals surface area contributed by atoms with E-state index >= 15 is 0 Å². The van der Waals surface area contributed by atoms with Crippen molar-refractivity contribution in [1.82, 2.24) is 9.88 Å². The first-order valence-corrected chi connectivity index (χ1v) is 8.21. The lowest BCUT2D eigenvalue weighted by Gasteiger charge is -2.27. The van der Waals surface area contributed by atoms with Gasteiger partial charge in [-0.1, -0.05) is 18.2 Å². The molecular formula is C17H16N2O2S. The Kier molecular flexibility index (Phi) is 3.32. The standard InChI is InChI=1S/C17H16N2O2S/c1-11-10-13(17(20)19-6-8-21-9-7-19)15-12-4-2-3-5-14(12)22-16(15)18-11/h2-5,10H,6-9H2,1H3. The average molecular weight is 312 g/mol. The van der Waals surface area contributed by atoms with E-state index in [-0.39, 0.29) is 5.91 Å². The lowest BCUT2D eigenvalue weighted by atomic mass is 10.1. The molecule has 0 saturated carbocycles. The van der Waals surface area contributed by atoms with Gasteiger partial charge in [0.2, 0.25) is 0 Å². The number of aromatic nitrogens is 1. The number of amides is 1. The highest BCUT2D eigenvalue weighted by atomic mass is 32.1. The lowest BCUT2D eigenvalue weighted by Crippen LogP contribution is -2.40. The number of hydrogen-bond donors (Lipinski definition) is 0. The fourth-order valence-corrected chi connectivity index (χ4v) is 4.10. The SMILES string of the molecule is Cc1cc(C(=O)N2CCOCC2)c2c(n1)sc1ccccc12. The number of morpholine rings is 1. The topological polar surface area (TPSA) is 42.4 Å². The molecule has 3 heterocycles. The summed E-state index contributed by atoms with van der Waals surface area (Å²) in [5.41, 5.74) is 1.65. The molecule has 1 saturated heterocycles. The maximum Gasteiger partial charge on any atom is 0.254 e. The van der Waals surface area contributed by atoms with E-state index in [1.807, 2.05) is 30.0 Å². The number of benzene rings is 1. The summed E-state index contributed by atoms with van der Waals surface area (Å²) in [4.78, 5) is 20.4. The van der Waals surface area contributed by atoms with Gasteiger partial charge < -0.3 is 9.64 Å². The largest absolute Gasteiger partial charge is 0.378 e. The quantitative estimate of drug-likeness (QED) is 0.693. The van der Waals surface area contributed by atoms with Crippen molar-refractivity contribution >= 4 is 37.5 Å². The third kappa shape index (κ3) is 2.17. The van der Waals surface area contributed by atoms with Gasteiger partial charge in [0.15, 0.2) is 0 Å². The van der Waals surface area contributed by atoms with Crippen LogP contribution >= 0.6 is 11.3 Å². The zero-order valence-electron chi connectivity index (χ0n) is 12.3. The Morgan fingerprint density at radius 2 is 2.05 bits per heavy atom. The van der Waals surface area contributed by atoms with Gasteiger partial charge in [-0.15, -0.1) is 11.3 Å². The van der Waals surface area contributed by atoms with Crippen molar-refractivity contribution in [1.29, 1.82) is 0 Å². The summed E-state index contributed by atoms with van der Waals surface area (Å²) in [6.45, 7) is 4.49. The van der Waals surface area contributed by atoms with Crippen LogP contribution in [-0.4, -0.2) is 42.1 Å². The summed E-state index contributed by atoms with van der Waals surface area (Å²) in [6, 6.07) is 10.1. The van der Waals surface area contributed by atoms with Gasteiger partial charge in [-0.05, 0) is 19.1 Å². The van der Waals surface area contributed by atoms with Crippen LogP contribution in [0.5, 0.6) is 0 Å². The number of hydrogen-bond acceptors (Lipinski definition) is 4. The molecule has 1 aliphatic heterocycles. The van der Waals surface area contributed by atoms with Crippen LogP contribution in [0, 0.1) is 6.92 Å². The molecule has 1 aliphatic rings. The summed E-state index contributed by atoms with van der Waals surface area (Å²) in [5.74, 6) is 0.0855. The fourth-order valence-electron chi connectivity index (χ4n) is 2.95. The maximum absolute atomic E-state index is 13.0. The third-order valence-corrected chi connectivity index (χ3v) is 5.07. The zero-order chi connectivity index (χ0) is 15.1. The second-order valence-corrected chi connectivity index (χ2v) is 6.52. The molecule has 0 aliphatic carbocycles. The Morgan fingerprint density at radius 1 is 1.27 bits per heavy atom. The first-order chi connectivity index (χ1) is 10.7. The van der Waals surface area contributed by atoms with Crippen molar-refractivity contribution in [2.24, 2.45) is 0 Å². The predicted molar refractivity (Wildman–Crippen MR) is 88.6 cm³/mol. The predicted octanol–water partition coefficient (Wildman–Crippen LogP) is 3.23. The molecule has 112 valence electrons. The van der Waals surface area contributed by atoms with Crippen molar-refractivity contribution < 1.29 is 9.53 Å². The third-order valence-electron chi connectivity index (χ3n) is 4.01. The first kappa shape index (κ1) is 13.7. The molecule has 3 aromatic rings. The molecule has 2 aromatic heterocycles. The molecular weight excluding hydrogens is 296 g/mol. The number of aryl methyl sites for hydroxylation is 1. The Labute approximate surface area is 132 Å². The van der Waals surface area contributed by atoms with Crippen molar-refractivity contribution in [3.8, 4) is 0 Å². The van der Waals surface area contributed by atoms with Gasteiger partial charge in [-0.3, -0.25) is 4.79 Å². The van der Waals surface area contributed by atoms with E-state index < -0.39 is 0 Å². The molecule has 4 rings (SSSR count). The molecule has 1 fully saturated rings. The minimum absolute atomic E-state index is 0.0855. The molecule has 1 aromatic carbocycles. The van der Waals surface area contributed by atoms with Gasteiger partial charge in [-0.25, -0.2) is 4.98 Å². The van der Waals surface area contributed by atoms with Gasteiger partial charge in [0.25, 0.3) is 5.91 Å². The average Bonchev–Trinajstić information content (AvgIpc) is 2.92. The Hall–Kier alpha value is -1.98. The Bertz CT molecular complexity index is 866. The Balaban J connectivity index is 1.93. The van der Waals surface area contributed by atoms with Crippen LogP contribution in [0.2, 0.25) is 0 Å². The normalized spacial score (nSPS) is 15.6. The summed E-state index contributed by atoms with van der Waals surface area (Å²) in [6.07, 6.45) is 0. The van der Waals surface area contributed by atoms with E-state index in [0.29, 0.717) is 26.3 Å². The molecule has 0 atom stereocenters. The summed E-state index contributed by atoms with van der Waals surface area (Å²) in [5, 5.41) is 2.11. The second kappa shape index (κ2) is 5.34. The molecule has 4 nitrogen and oxygen atoms in total. The van der Waals surface area contributed by atoms with Crippen LogP contribution in [0.15, 0.2) is 30.3 Å². The number of rotatable bonds is 1. The molecule has 0 radical (unpaired) electrons. The van der Waals surface area contributed by atoms with E-state index in [4.69, 9.17) is 4.74 Å². The summed E-state index contributed by atoms with van der Waals surface area (Å²) < 4.78 is 6.52. The van der Waals surface area contributed by atoms with Crippen molar-refractivity contribution in [3.05, 3.63) is 41.6 Å². The van der Waals surface area contributed by atoms with Gasteiger partial charge >= 0.3 is 0 Å². The molecule has 1 amide bonds. The fraction of sp³-hybridized carbons (Fsp3) is 0.294. The van der Waals surface area contributed by atoms with Crippen molar-refractivity contribution in [2.45, 2.75) is 6.92 Å². The summed E-state index contributed by atoms with van der Waals surface area (Å²) in [7, 11) is 0. The van der Waals surface area contributed by atoms with E-state index in [1.54, 1.807) is 11.3 Å². The van der Waals surface area contributed by atoms with E-state index in [1.165, 1.54) is 4.70 Å². The van der Waals surface area contributed by atoms with E-state index in [2.05, 4.69) is 17.1 Å². The monoisotopic (exact) mass is 312 g/mol. The highest BCUT2D eigenvalue weighted by Crippen LogP contribution is 2.35. The second-order valence-electron chi connectivity index (χ2n) is 5.49. The van der Waals surface area contributed by atoms with Gasteiger partial charge in [0.1, 0.15) is 4.83 Å². The van der Waals surface area contributed by atoms with Gasteiger partial charge in [-0.2, -0.15) is 0 Å². The maximum atomic E-state index is 13.0. The molecule has 0 unspecified atom stereocenters. The Morgan fingerprint density at radius 3 is 2.86 bits per heavy atom. The van der Waals surface area contributed by atoms with Crippen LogP contribution < -0.4 is 0 Å². The number of carbonyl (C=O) groups is 1. The number of carbonyl (C=O) groups excluding carboxylic acids is 1. The molecule has 0 spiro atoms. The highest BCUT2D eigenvalue weighted by molar-refractivity contribution is 7.25. The number of nitrogens with zero attached hydrogens (tertiary/aromatic N) is 2. The van der Waals surface area contributed by atoms with E-state index in [0.717, 1.165) is 26.9 Å². The smallest absolute Gasteiger partial charge is 0.254 e. The van der Waals surface area contributed by atoms with Crippen LogP contribution in [0.4, 0.5) is 0 Å². The first-order valence-electron chi connectivity index (χ1n) is 7.40. The molecule has 0 bridgehead atoms. The molecule has 0 N–H and O–H groups in total. The van der Waals surface area contributed by atoms with Crippen molar-refractivity contribution in [3.63, 3.8) is 0 Å². The van der Waals surface area contributed by atoms with Gasteiger partial charge in [0.05, 0.1) is 18.8 Å².